The van der Waals surface area contributed by atoms with E-state index >= 15 is 0 Å². The van der Waals surface area contributed by atoms with Crippen LogP contribution >= 0.6 is 12.2 Å². The lowest BCUT2D eigenvalue weighted by Gasteiger charge is -2.28. The molecule has 2 aromatic heterocycles. The first-order valence-corrected chi connectivity index (χ1v) is 13.9. The Morgan fingerprint density at radius 3 is 2.58 bits per heavy atom. The first-order chi connectivity index (χ1) is 19.3. The lowest BCUT2D eigenvalue weighted by Crippen LogP contribution is -2.33. The van der Waals surface area contributed by atoms with Crippen LogP contribution in [0.5, 0.6) is 5.75 Å². The Balaban J connectivity index is 1.49. The van der Waals surface area contributed by atoms with Crippen LogP contribution in [-0.2, 0) is 4.79 Å². The van der Waals surface area contributed by atoms with Crippen molar-refractivity contribution in [3.63, 3.8) is 0 Å². The summed E-state index contributed by atoms with van der Waals surface area (Å²) in [5.41, 5.74) is 8.69. The Morgan fingerprint density at radius 1 is 1.05 bits per heavy atom. The number of methoxy groups -OCH3 is 1. The van der Waals surface area contributed by atoms with Gasteiger partial charge in [0, 0.05) is 36.2 Å². The second-order valence-electron chi connectivity index (χ2n) is 10.2. The fourth-order valence-electron chi connectivity index (χ4n) is 5.60. The summed E-state index contributed by atoms with van der Waals surface area (Å²) in [6, 6.07) is 21.7. The Morgan fingerprint density at radius 2 is 1.82 bits per heavy atom. The number of nitrogens with one attached hydrogen (secondary N) is 2. The van der Waals surface area contributed by atoms with Gasteiger partial charge in [0.25, 0.3) is 0 Å². The van der Waals surface area contributed by atoms with E-state index in [-0.39, 0.29) is 24.4 Å². The fourth-order valence-corrected chi connectivity index (χ4v) is 5.93. The third-order valence-electron chi connectivity index (χ3n) is 7.76. The Bertz CT molecular complexity index is 1550. The molecular weight excluding hydrogens is 518 g/mol. The number of pyridine rings is 1. The zero-order valence-corrected chi connectivity index (χ0v) is 24.4. The largest absolute Gasteiger partial charge is 0.495 e. The molecule has 1 saturated heterocycles. The molecule has 1 aliphatic heterocycles. The van der Waals surface area contributed by atoms with Crippen LogP contribution in [-0.4, -0.2) is 39.1 Å². The standard InChI is InChI=1S/C32H35N5O2S/c1-20-11-10-14-27(22(20)3)37-21(2)19-24(23(37)4)31-30(26-13-8-9-17-33-26)35-32(40)36(31)18-16-29(38)34-25-12-6-7-15-28(25)39-5/h6-15,17,19,30-31H,16,18H2,1-5H3,(H,34,38)(H,35,40). The van der Waals surface area contributed by atoms with E-state index < -0.39 is 0 Å². The minimum Gasteiger partial charge on any atom is -0.495 e. The summed E-state index contributed by atoms with van der Waals surface area (Å²) in [6.07, 6.45) is 2.07. The number of thiocarbonyl (C=S) groups is 1. The van der Waals surface area contributed by atoms with Crippen molar-refractivity contribution in [2.45, 2.75) is 46.2 Å². The topological polar surface area (TPSA) is 71.4 Å². The predicted molar refractivity (Wildman–Crippen MR) is 163 cm³/mol. The highest BCUT2D eigenvalue weighted by molar-refractivity contribution is 7.80. The quantitative estimate of drug-likeness (QED) is 0.256. The zero-order chi connectivity index (χ0) is 28.4. The summed E-state index contributed by atoms with van der Waals surface area (Å²) in [5.74, 6) is 0.523. The molecule has 206 valence electrons. The van der Waals surface area contributed by atoms with Gasteiger partial charge in [0.2, 0.25) is 5.91 Å². The van der Waals surface area contributed by atoms with Crippen LogP contribution in [0, 0.1) is 27.7 Å². The number of rotatable bonds is 8. The SMILES string of the molecule is COc1ccccc1NC(=O)CCN1C(=S)NC(c2ccccn2)C1c1cc(C)n(-c2cccc(C)c2C)c1C. The van der Waals surface area contributed by atoms with Crippen molar-refractivity contribution in [1.82, 2.24) is 19.8 Å². The number of hydrogen-bond acceptors (Lipinski definition) is 4. The second kappa shape index (κ2) is 11.5. The van der Waals surface area contributed by atoms with Crippen LogP contribution in [0.2, 0.25) is 0 Å². The first kappa shape index (κ1) is 27.4. The number of carbonyl (C=O) groups is 1. The summed E-state index contributed by atoms with van der Waals surface area (Å²) >= 11 is 5.86. The Kier molecular flexibility index (Phi) is 7.89. The number of anilines is 1. The van der Waals surface area contributed by atoms with Gasteiger partial charge in [-0.1, -0.05) is 30.3 Å². The maximum Gasteiger partial charge on any atom is 0.226 e. The third-order valence-corrected chi connectivity index (χ3v) is 8.12. The van der Waals surface area contributed by atoms with Gasteiger partial charge in [0.05, 0.1) is 30.6 Å². The van der Waals surface area contributed by atoms with Gasteiger partial charge in [-0.05, 0) is 93.0 Å². The third kappa shape index (κ3) is 5.19. The number of para-hydroxylation sites is 2. The van der Waals surface area contributed by atoms with Gasteiger partial charge in [-0.2, -0.15) is 0 Å². The fraction of sp³-hybridized carbons (Fsp3) is 0.281. The number of aryl methyl sites for hydroxylation is 2. The molecule has 2 aromatic carbocycles. The Labute approximate surface area is 241 Å². The van der Waals surface area contributed by atoms with Gasteiger partial charge in [-0.15, -0.1) is 0 Å². The lowest BCUT2D eigenvalue weighted by molar-refractivity contribution is -0.116. The van der Waals surface area contributed by atoms with Gasteiger partial charge in [0.1, 0.15) is 5.75 Å². The number of ether oxygens (including phenoxy) is 1. The van der Waals surface area contributed by atoms with E-state index in [0.717, 1.165) is 22.6 Å². The summed E-state index contributed by atoms with van der Waals surface area (Å²) in [6.45, 7) is 9.06. The molecule has 0 radical (unpaired) electrons. The Hall–Kier alpha value is -4.17. The molecule has 0 spiro atoms. The summed E-state index contributed by atoms with van der Waals surface area (Å²) in [4.78, 5) is 19.8. The van der Waals surface area contributed by atoms with Gasteiger partial charge in [-0.25, -0.2) is 0 Å². The number of hydrogen-bond donors (Lipinski definition) is 2. The van der Waals surface area contributed by atoms with E-state index in [0.29, 0.717) is 23.1 Å². The molecule has 4 aromatic rings. The number of aromatic nitrogens is 2. The highest BCUT2D eigenvalue weighted by Gasteiger charge is 2.41. The van der Waals surface area contributed by atoms with Crippen molar-refractivity contribution in [2.24, 2.45) is 0 Å². The van der Waals surface area contributed by atoms with Gasteiger partial charge in [0.15, 0.2) is 5.11 Å². The second-order valence-corrected chi connectivity index (χ2v) is 10.6. The smallest absolute Gasteiger partial charge is 0.226 e. The van der Waals surface area contributed by atoms with E-state index in [1.165, 1.54) is 16.8 Å². The van der Waals surface area contributed by atoms with Crippen LogP contribution in [0.15, 0.2) is 72.9 Å². The van der Waals surface area contributed by atoms with Crippen molar-refractivity contribution in [3.05, 3.63) is 107 Å². The number of carbonyl (C=O) groups excluding carboxylic acids is 1. The van der Waals surface area contributed by atoms with Crippen LogP contribution in [0.25, 0.3) is 5.69 Å². The molecule has 40 heavy (non-hydrogen) atoms. The van der Waals surface area contributed by atoms with Gasteiger partial charge < -0.3 is 24.8 Å². The molecule has 1 amide bonds. The minimum absolute atomic E-state index is 0.104. The van der Waals surface area contributed by atoms with E-state index in [1.54, 1.807) is 13.3 Å². The minimum atomic E-state index is -0.154. The molecule has 0 saturated carbocycles. The van der Waals surface area contributed by atoms with Crippen molar-refractivity contribution in [3.8, 4) is 11.4 Å². The summed E-state index contributed by atoms with van der Waals surface area (Å²) < 4.78 is 7.71. The molecule has 1 fully saturated rings. The van der Waals surface area contributed by atoms with E-state index in [9.17, 15) is 4.79 Å². The number of amides is 1. The molecule has 5 rings (SSSR count). The summed E-state index contributed by atoms with van der Waals surface area (Å²) in [5, 5.41) is 7.11. The number of benzene rings is 2. The number of nitrogens with zero attached hydrogens (tertiary/aromatic N) is 3. The molecule has 3 heterocycles. The van der Waals surface area contributed by atoms with Crippen LogP contribution in [0.4, 0.5) is 5.69 Å². The van der Waals surface area contributed by atoms with Crippen molar-refractivity contribution in [2.75, 3.05) is 19.0 Å². The molecule has 2 N–H and O–H groups in total. The average molecular weight is 554 g/mol. The normalized spacial score (nSPS) is 16.6. The van der Waals surface area contributed by atoms with Crippen molar-refractivity contribution < 1.29 is 9.53 Å². The van der Waals surface area contributed by atoms with Crippen LogP contribution in [0.3, 0.4) is 0 Å². The predicted octanol–water partition coefficient (Wildman–Crippen LogP) is 6.12. The molecule has 0 aliphatic carbocycles. The lowest BCUT2D eigenvalue weighted by atomic mass is 9.96. The highest BCUT2D eigenvalue weighted by atomic mass is 32.1. The maximum absolute atomic E-state index is 13.0. The molecule has 2 atom stereocenters. The molecule has 1 aliphatic rings. The highest BCUT2D eigenvalue weighted by Crippen LogP contribution is 2.41. The van der Waals surface area contributed by atoms with E-state index in [4.69, 9.17) is 17.0 Å². The van der Waals surface area contributed by atoms with Crippen molar-refractivity contribution >= 4 is 28.9 Å². The van der Waals surface area contributed by atoms with Gasteiger partial charge >= 0.3 is 0 Å². The molecule has 2 unspecified atom stereocenters. The van der Waals surface area contributed by atoms with Gasteiger partial charge in [-0.3, -0.25) is 9.78 Å². The van der Waals surface area contributed by atoms with Crippen LogP contribution < -0.4 is 15.4 Å². The first-order valence-electron chi connectivity index (χ1n) is 13.5. The zero-order valence-electron chi connectivity index (χ0n) is 23.6. The maximum atomic E-state index is 13.0. The molecular formula is C32H35N5O2S. The average Bonchev–Trinajstić information content (AvgIpc) is 3.44. The van der Waals surface area contributed by atoms with E-state index in [1.807, 2.05) is 42.5 Å². The monoisotopic (exact) mass is 553 g/mol. The van der Waals surface area contributed by atoms with Crippen molar-refractivity contribution in [1.29, 1.82) is 0 Å². The molecule has 8 heteroatoms. The molecule has 7 nitrogen and oxygen atoms in total. The van der Waals surface area contributed by atoms with E-state index in [2.05, 4.69) is 77.0 Å². The van der Waals surface area contributed by atoms with Crippen LogP contribution in [0.1, 0.15) is 52.3 Å². The molecule has 0 bridgehead atoms. The summed E-state index contributed by atoms with van der Waals surface area (Å²) in [7, 11) is 1.59.